The molecule has 2 heteroatoms. The summed E-state index contributed by atoms with van der Waals surface area (Å²) in [7, 11) is 0. The first-order valence-electron chi connectivity index (χ1n) is 6.63. The van der Waals surface area contributed by atoms with Gasteiger partial charge in [-0.25, -0.2) is 0 Å². The molecule has 3 rings (SSSR count). The van der Waals surface area contributed by atoms with Crippen molar-refractivity contribution in [3.63, 3.8) is 0 Å². The van der Waals surface area contributed by atoms with Gasteiger partial charge in [0.2, 0.25) is 0 Å². The monoisotopic (exact) mass is 231 g/mol. The Morgan fingerprint density at radius 1 is 1.29 bits per heavy atom. The highest BCUT2D eigenvalue weighted by Gasteiger charge is 2.33. The molecule has 1 aromatic carbocycles. The lowest BCUT2D eigenvalue weighted by molar-refractivity contribution is -0.100. The molecule has 0 amide bonds. The maximum Gasteiger partial charge on any atom is 0.0554 e. The van der Waals surface area contributed by atoms with E-state index < -0.39 is 0 Å². The number of nitrogens with one attached hydrogen (secondary N) is 1. The maximum absolute atomic E-state index is 5.29. The van der Waals surface area contributed by atoms with Gasteiger partial charge in [-0.1, -0.05) is 31.2 Å². The van der Waals surface area contributed by atoms with Gasteiger partial charge in [-0.15, -0.1) is 0 Å². The largest absolute Gasteiger partial charge is 0.380 e. The molecule has 1 unspecified atom stereocenters. The highest BCUT2D eigenvalue weighted by atomic mass is 16.5. The summed E-state index contributed by atoms with van der Waals surface area (Å²) in [5, 5.41) is 3.72. The van der Waals surface area contributed by atoms with Crippen LogP contribution in [0.3, 0.4) is 0 Å². The van der Waals surface area contributed by atoms with Crippen LogP contribution >= 0.6 is 0 Å². The molecule has 2 nitrogen and oxygen atoms in total. The fraction of sp³-hybridized carbons (Fsp3) is 0.600. The third-order valence-electron chi connectivity index (χ3n) is 4.07. The third kappa shape index (κ3) is 2.38. The smallest absolute Gasteiger partial charge is 0.0554 e. The van der Waals surface area contributed by atoms with Crippen molar-refractivity contribution < 1.29 is 4.74 Å². The van der Waals surface area contributed by atoms with Crippen molar-refractivity contribution in [1.29, 1.82) is 0 Å². The van der Waals surface area contributed by atoms with E-state index in [-0.39, 0.29) is 0 Å². The average Bonchev–Trinajstić information content (AvgIpc) is 2.34. The number of ether oxygens (including phenoxy) is 1. The Kier molecular flexibility index (Phi) is 2.93. The van der Waals surface area contributed by atoms with E-state index in [1.165, 1.54) is 24.8 Å². The molecular weight excluding hydrogens is 210 g/mol. The summed E-state index contributed by atoms with van der Waals surface area (Å²) in [5.74, 6) is 0. The summed E-state index contributed by atoms with van der Waals surface area (Å²) >= 11 is 0. The Morgan fingerprint density at radius 3 is 2.76 bits per heavy atom. The van der Waals surface area contributed by atoms with E-state index in [0.717, 1.165) is 19.8 Å². The predicted molar refractivity (Wildman–Crippen MR) is 69.2 cm³/mol. The van der Waals surface area contributed by atoms with Gasteiger partial charge in [-0.2, -0.15) is 0 Å². The van der Waals surface area contributed by atoms with Crippen LogP contribution in [0.1, 0.15) is 24.5 Å². The molecule has 92 valence electrons. The first-order chi connectivity index (χ1) is 8.25. The van der Waals surface area contributed by atoms with Crippen LogP contribution in [0.2, 0.25) is 0 Å². The van der Waals surface area contributed by atoms with Crippen LogP contribution in [0.25, 0.3) is 0 Å². The Balaban J connectivity index is 1.57. The van der Waals surface area contributed by atoms with Crippen molar-refractivity contribution >= 4 is 0 Å². The molecule has 0 spiro atoms. The van der Waals surface area contributed by atoms with E-state index in [0.29, 0.717) is 11.5 Å². The molecule has 1 atom stereocenters. The topological polar surface area (TPSA) is 21.3 Å². The number of fused-ring (bicyclic) bond motifs is 1. The third-order valence-corrected chi connectivity index (χ3v) is 4.07. The van der Waals surface area contributed by atoms with Gasteiger partial charge >= 0.3 is 0 Å². The summed E-state index contributed by atoms with van der Waals surface area (Å²) in [6.45, 7) is 5.24. The van der Waals surface area contributed by atoms with Crippen LogP contribution in [0.5, 0.6) is 0 Å². The molecular formula is C15H21NO. The minimum Gasteiger partial charge on any atom is -0.380 e. The van der Waals surface area contributed by atoms with Crippen molar-refractivity contribution in [2.45, 2.75) is 32.2 Å². The van der Waals surface area contributed by atoms with Crippen molar-refractivity contribution in [3.05, 3.63) is 35.4 Å². The highest BCUT2D eigenvalue weighted by Crippen LogP contribution is 2.27. The minimum absolute atomic E-state index is 0.386. The van der Waals surface area contributed by atoms with Crippen molar-refractivity contribution in [2.24, 2.45) is 5.41 Å². The van der Waals surface area contributed by atoms with E-state index in [2.05, 4.69) is 36.5 Å². The second-order valence-corrected chi connectivity index (χ2v) is 5.89. The fourth-order valence-electron chi connectivity index (χ4n) is 2.82. The summed E-state index contributed by atoms with van der Waals surface area (Å²) in [4.78, 5) is 0. The summed E-state index contributed by atoms with van der Waals surface area (Å²) < 4.78 is 5.29. The van der Waals surface area contributed by atoms with E-state index in [1.807, 2.05) is 0 Å². The van der Waals surface area contributed by atoms with E-state index in [1.54, 1.807) is 5.56 Å². The molecule has 2 aliphatic rings. The number of benzene rings is 1. The Bertz CT molecular complexity index is 398. The molecule has 0 bridgehead atoms. The van der Waals surface area contributed by atoms with E-state index in [9.17, 15) is 0 Å². The van der Waals surface area contributed by atoms with Crippen molar-refractivity contribution in [2.75, 3.05) is 19.8 Å². The summed E-state index contributed by atoms with van der Waals surface area (Å²) in [6, 6.07) is 9.51. The SMILES string of the molecule is CC1(CNC2CCc3ccccc3C2)COC1. The number of rotatable bonds is 3. The molecule has 1 aliphatic carbocycles. The lowest BCUT2D eigenvalue weighted by Crippen LogP contribution is -2.50. The number of hydrogen-bond acceptors (Lipinski definition) is 2. The molecule has 1 N–H and O–H groups in total. The Hall–Kier alpha value is -0.860. The van der Waals surface area contributed by atoms with Crippen LogP contribution in [-0.2, 0) is 17.6 Å². The summed E-state index contributed by atoms with van der Waals surface area (Å²) in [6.07, 6.45) is 3.68. The average molecular weight is 231 g/mol. The number of hydrogen-bond donors (Lipinski definition) is 1. The van der Waals surface area contributed by atoms with Crippen molar-refractivity contribution in [3.8, 4) is 0 Å². The minimum atomic E-state index is 0.386. The normalized spacial score (nSPS) is 26.1. The zero-order chi connectivity index (χ0) is 11.7. The van der Waals surface area contributed by atoms with Gasteiger partial charge in [0.05, 0.1) is 13.2 Å². The first-order valence-corrected chi connectivity index (χ1v) is 6.63. The molecule has 0 radical (unpaired) electrons. The van der Waals surface area contributed by atoms with E-state index in [4.69, 9.17) is 4.74 Å². The predicted octanol–water partition coefficient (Wildman–Crippen LogP) is 2.17. The molecule has 1 aliphatic heterocycles. The zero-order valence-electron chi connectivity index (χ0n) is 10.5. The van der Waals surface area contributed by atoms with Gasteiger partial charge in [-0.3, -0.25) is 0 Å². The van der Waals surface area contributed by atoms with Crippen LogP contribution in [0.4, 0.5) is 0 Å². The molecule has 1 fully saturated rings. The standard InChI is InChI=1S/C15H21NO/c1-15(10-17-11-15)9-16-14-7-6-12-4-2-3-5-13(12)8-14/h2-5,14,16H,6-11H2,1H3. The first kappa shape index (κ1) is 11.2. The Labute approximate surface area is 103 Å². The molecule has 1 aromatic rings. The van der Waals surface area contributed by atoms with Gasteiger partial charge in [0.25, 0.3) is 0 Å². The quantitative estimate of drug-likeness (QED) is 0.861. The van der Waals surface area contributed by atoms with Crippen molar-refractivity contribution in [1.82, 2.24) is 5.32 Å². The zero-order valence-corrected chi connectivity index (χ0v) is 10.5. The summed E-state index contributed by atoms with van der Waals surface area (Å²) in [5.41, 5.74) is 3.46. The molecule has 17 heavy (non-hydrogen) atoms. The maximum atomic E-state index is 5.29. The van der Waals surface area contributed by atoms with Gasteiger partial charge in [-0.05, 0) is 30.4 Å². The van der Waals surface area contributed by atoms with Crippen LogP contribution < -0.4 is 5.32 Å². The highest BCUT2D eigenvalue weighted by molar-refractivity contribution is 5.30. The van der Waals surface area contributed by atoms with Gasteiger partial charge in [0.15, 0.2) is 0 Å². The second-order valence-electron chi connectivity index (χ2n) is 5.89. The fourth-order valence-corrected chi connectivity index (χ4v) is 2.82. The number of aryl methyl sites for hydroxylation is 1. The van der Waals surface area contributed by atoms with Crippen LogP contribution in [-0.4, -0.2) is 25.8 Å². The van der Waals surface area contributed by atoms with Crippen LogP contribution in [0, 0.1) is 5.41 Å². The molecule has 1 saturated heterocycles. The lowest BCUT2D eigenvalue weighted by atomic mass is 9.85. The van der Waals surface area contributed by atoms with Gasteiger partial charge < -0.3 is 10.1 Å². The lowest BCUT2D eigenvalue weighted by Gasteiger charge is -2.40. The Morgan fingerprint density at radius 2 is 2.06 bits per heavy atom. The second kappa shape index (κ2) is 4.43. The molecule has 0 aromatic heterocycles. The molecule has 1 heterocycles. The molecule has 0 saturated carbocycles. The van der Waals surface area contributed by atoms with Crippen LogP contribution in [0.15, 0.2) is 24.3 Å². The van der Waals surface area contributed by atoms with Gasteiger partial charge in [0, 0.05) is 18.0 Å². The van der Waals surface area contributed by atoms with E-state index >= 15 is 0 Å². The van der Waals surface area contributed by atoms with Gasteiger partial charge in [0.1, 0.15) is 0 Å².